The molecule has 2 N–H and O–H groups in total. The number of aromatic nitrogens is 1. The Labute approximate surface area is 115 Å². The van der Waals surface area contributed by atoms with Crippen molar-refractivity contribution in [2.24, 2.45) is 5.73 Å². The Kier molecular flexibility index (Phi) is 5.17. The fourth-order valence-electron chi connectivity index (χ4n) is 1.84. The number of thioether (sulfide) groups is 2. The number of nitrogens with zero attached hydrogens (tertiary/aromatic N) is 1. The van der Waals surface area contributed by atoms with Crippen LogP contribution in [0.2, 0.25) is 0 Å². The predicted molar refractivity (Wildman–Crippen MR) is 77.8 cm³/mol. The van der Waals surface area contributed by atoms with Crippen molar-refractivity contribution in [3.8, 4) is 0 Å². The van der Waals surface area contributed by atoms with Gasteiger partial charge >= 0.3 is 0 Å². The summed E-state index contributed by atoms with van der Waals surface area (Å²) in [7, 11) is 1.70. The van der Waals surface area contributed by atoms with Crippen molar-refractivity contribution in [2.45, 2.75) is 30.6 Å². The molecule has 3 nitrogen and oxygen atoms in total. The molecule has 2 unspecified atom stereocenters. The smallest absolute Gasteiger partial charge is 0.107 e. The number of nitrogens with two attached hydrogens (primary N) is 1. The summed E-state index contributed by atoms with van der Waals surface area (Å²) in [6.07, 6.45) is 0. The summed E-state index contributed by atoms with van der Waals surface area (Å²) in [5, 5.41) is 2.39. The summed E-state index contributed by atoms with van der Waals surface area (Å²) in [6, 6.07) is 0. The van der Waals surface area contributed by atoms with Gasteiger partial charge in [-0.2, -0.15) is 11.8 Å². The van der Waals surface area contributed by atoms with E-state index in [9.17, 15) is 0 Å². The van der Waals surface area contributed by atoms with Gasteiger partial charge in [-0.25, -0.2) is 4.98 Å². The van der Waals surface area contributed by atoms with Crippen LogP contribution in [0.4, 0.5) is 0 Å². The maximum absolute atomic E-state index is 5.76. The predicted octanol–water partition coefficient (Wildman–Crippen LogP) is 2.66. The molecule has 0 saturated carbocycles. The Morgan fingerprint density at radius 3 is 2.82 bits per heavy atom. The fraction of sp³-hybridized carbons (Fsp3) is 0.727. The highest BCUT2D eigenvalue weighted by molar-refractivity contribution is 8.06. The summed E-state index contributed by atoms with van der Waals surface area (Å²) in [6.45, 7) is 3.43. The Balaban J connectivity index is 2.19. The Bertz CT molecular complexity index is 370. The van der Waals surface area contributed by atoms with Crippen LogP contribution in [0.15, 0.2) is 0 Å². The molecule has 2 rings (SSSR count). The molecule has 0 aromatic carbocycles. The first kappa shape index (κ1) is 13.7. The molecule has 0 radical (unpaired) electrons. The van der Waals surface area contributed by atoms with Gasteiger partial charge < -0.3 is 10.5 Å². The normalized spacial score (nSPS) is 25.1. The van der Waals surface area contributed by atoms with Crippen LogP contribution in [0.1, 0.15) is 27.8 Å². The molecule has 0 amide bonds. The van der Waals surface area contributed by atoms with E-state index in [0.717, 1.165) is 5.69 Å². The molecule has 6 heteroatoms. The first-order valence-electron chi connectivity index (χ1n) is 5.67. The van der Waals surface area contributed by atoms with Crippen molar-refractivity contribution in [3.05, 3.63) is 15.6 Å². The first-order chi connectivity index (χ1) is 8.26. The van der Waals surface area contributed by atoms with Gasteiger partial charge in [-0.15, -0.1) is 23.1 Å². The van der Waals surface area contributed by atoms with Crippen molar-refractivity contribution in [3.63, 3.8) is 0 Å². The second kappa shape index (κ2) is 6.43. The lowest BCUT2D eigenvalue weighted by atomic mass is 10.3. The van der Waals surface area contributed by atoms with Gasteiger partial charge in [0.2, 0.25) is 0 Å². The topological polar surface area (TPSA) is 48.1 Å². The molecule has 1 aliphatic heterocycles. The van der Waals surface area contributed by atoms with Gasteiger partial charge in [-0.3, -0.25) is 0 Å². The minimum Gasteiger partial charge on any atom is -0.378 e. The molecule has 96 valence electrons. The monoisotopic (exact) mass is 290 g/mol. The largest absolute Gasteiger partial charge is 0.378 e. The maximum atomic E-state index is 5.76. The molecule has 1 aliphatic rings. The van der Waals surface area contributed by atoms with Crippen LogP contribution in [0.5, 0.6) is 0 Å². The Morgan fingerprint density at radius 2 is 2.18 bits per heavy atom. The second-order valence-corrected chi connectivity index (χ2v) is 7.78. The van der Waals surface area contributed by atoms with Gasteiger partial charge in [-0.1, -0.05) is 6.92 Å². The highest BCUT2D eigenvalue weighted by Gasteiger charge is 2.27. The average molecular weight is 290 g/mol. The summed E-state index contributed by atoms with van der Waals surface area (Å²) < 4.78 is 5.17. The van der Waals surface area contributed by atoms with E-state index in [2.05, 4.69) is 6.92 Å². The summed E-state index contributed by atoms with van der Waals surface area (Å²) >= 11 is 5.82. The Morgan fingerprint density at radius 1 is 1.41 bits per heavy atom. The van der Waals surface area contributed by atoms with Crippen LogP contribution in [-0.2, 0) is 17.9 Å². The van der Waals surface area contributed by atoms with E-state index in [0.29, 0.717) is 23.7 Å². The number of thiazole rings is 1. The van der Waals surface area contributed by atoms with Crippen molar-refractivity contribution in [1.82, 2.24) is 4.98 Å². The molecule has 1 fully saturated rings. The van der Waals surface area contributed by atoms with Gasteiger partial charge in [0.25, 0.3) is 0 Å². The lowest BCUT2D eigenvalue weighted by molar-refractivity contribution is 0.181. The molecule has 1 saturated heterocycles. The Hall–Kier alpha value is 0.250. The van der Waals surface area contributed by atoms with Crippen LogP contribution < -0.4 is 5.73 Å². The molecular formula is C11H18N2OS3. The quantitative estimate of drug-likeness (QED) is 0.924. The van der Waals surface area contributed by atoms with Gasteiger partial charge in [0.05, 0.1) is 17.6 Å². The van der Waals surface area contributed by atoms with Gasteiger partial charge in [0.1, 0.15) is 5.01 Å². The third-order valence-electron chi connectivity index (χ3n) is 2.69. The van der Waals surface area contributed by atoms with E-state index >= 15 is 0 Å². The maximum Gasteiger partial charge on any atom is 0.107 e. The van der Waals surface area contributed by atoms with Gasteiger partial charge in [0.15, 0.2) is 0 Å². The highest BCUT2D eigenvalue weighted by atomic mass is 32.2. The molecule has 2 atom stereocenters. The van der Waals surface area contributed by atoms with Crippen LogP contribution in [0.3, 0.4) is 0 Å². The molecule has 0 bridgehead atoms. The number of hydrogen-bond acceptors (Lipinski definition) is 6. The van der Waals surface area contributed by atoms with Crippen molar-refractivity contribution >= 4 is 34.9 Å². The van der Waals surface area contributed by atoms with E-state index < -0.39 is 0 Å². The third kappa shape index (κ3) is 3.17. The minimum atomic E-state index is 0.523. The van der Waals surface area contributed by atoms with Gasteiger partial charge in [-0.05, 0) is 0 Å². The average Bonchev–Trinajstić information content (AvgIpc) is 2.73. The SMILES string of the molecule is COCc1nc(C2SCCSC2C)sc1CN. The molecular weight excluding hydrogens is 272 g/mol. The standard InChI is InChI=1S/C11H18N2OS3/c1-7-10(16-4-3-15-7)11-13-8(6-14-2)9(5-12)17-11/h7,10H,3-6,12H2,1-2H3. The second-order valence-electron chi connectivity index (χ2n) is 3.93. The molecule has 1 aromatic heterocycles. The summed E-state index contributed by atoms with van der Waals surface area (Å²) in [5.41, 5.74) is 6.79. The van der Waals surface area contributed by atoms with Crippen LogP contribution in [0.25, 0.3) is 0 Å². The number of methoxy groups -OCH3 is 1. The zero-order valence-electron chi connectivity index (χ0n) is 10.1. The summed E-state index contributed by atoms with van der Waals surface area (Å²) in [5.74, 6) is 2.47. The van der Waals surface area contributed by atoms with Crippen LogP contribution in [0, 0.1) is 0 Å². The number of hydrogen-bond donors (Lipinski definition) is 1. The van der Waals surface area contributed by atoms with Crippen molar-refractivity contribution < 1.29 is 4.74 Å². The molecule has 2 heterocycles. The molecule has 0 spiro atoms. The minimum absolute atomic E-state index is 0.523. The lowest BCUT2D eigenvalue weighted by Crippen LogP contribution is -2.15. The van der Waals surface area contributed by atoms with E-state index in [1.165, 1.54) is 21.4 Å². The zero-order chi connectivity index (χ0) is 12.3. The van der Waals surface area contributed by atoms with E-state index in [1.54, 1.807) is 18.4 Å². The van der Waals surface area contributed by atoms with E-state index in [4.69, 9.17) is 15.5 Å². The van der Waals surface area contributed by atoms with E-state index in [-0.39, 0.29) is 0 Å². The van der Waals surface area contributed by atoms with Crippen LogP contribution in [-0.4, -0.2) is 28.8 Å². The number of rotatable bonds is 4. The highest BCUT2D eigenvalue weighted by Crippen LogP contribution is 2.44. The first-order valence-corrected chi connectivity index (χ1v) is 8.58. The van der Waals surface area contributed by atoms with E-state index in [1.807, 2.05) is 23.5 Å². The van der Waals surface area contributed by atoms with Crippen molar-refractivity contribution in [1.29, 1.82) is 0 Å². The van der Waals surface area contributed by atoms with Crippen LogP contribution >= 0.6 is 34.9 Å². The fourth-order valence-corrected chi connectivity index (χ4v) is 5.94. The molecule has 17 heavy (non-hydrogen) atoms. The molecule has 0 aliphatic carbocycles. The number of ether oxygens (including phenoxy) is 1. The molecule has 1 aromatic rings. The van der Waals surface area contributed by atoms with Crippen molar-refractivity contribution in [2.75, 3.05) is 18.6 Å². The van der Waals surface area contributed by atoms with Gasteiger partial charge in [0, 0.05) is 35.3 Å². The summed E-state index contributed by atoms with van der Waals surface area (Å²) in [4.78, 5) is 5.90. The third-order valence-corrected chi connectivity index (χ3v) is 7.14. The zero-order valence-corrected chi connectivity index (χ0v) is 12.6. The lowest BCUT2D eigenvalue weighted by Gasteiger charge is -2.25.